The maximum Gasteiger partial charge on any atom is 0.277 e. The predicted octanol–water partition coefficient (Wildman–Crippen LogP) is 3.89. The average molecular weight is 546 g/mol. The second-order valence-electron chi connectivity index (χ2n) is 9.30. The van der Waals surface area contributed by atoms with E-state index in [0.29, 0.717) is 53.7 Å². The highest BCUT2D eigenvalue weighted by molar-refractivity contribution is 6.19. The lowest BCUT2D eigenvalue weighted by Crippen LogP contribution is -2.30. The van der Waals surface area contributed by atoms with Crippen molar-refractivity contribution in [2.75, 3.05) is 36.4 Å². The van der Waals surface area contributed by atoms with Gasteiger partial charge in [-0.1, -0.05) is 29.5 Å². The number of alkyl halides is 1. The molecule has 3 N–H and O–H groups in total. The molecule has 0 unspecified atom stereocenters. The van der Waals surface area contributed by atoms with Gasteiger partial charge in [0.2, 0.25) is 0 Å². The van der Waals surface area contributed by atoms with Gasteiger partial charge in [0, 0.05) is 42.3 Å². The fourth-order valence-electron chi connectivity index (χ4n) is 4.98. The van der Waals surface area contributed by atoms with E-state index in [1.807, 2.05) is 24.3 Å². The van der Waals surface area contributed by atoms with Crippen molar-refractivity contribution in [3.05, 3.63) is 71.8 Å². The maximum atomic E-state index is 13.7. The van der Waals surface area contributed by atoms with Gasteiger partial charge in [-0.3, -0.25) is 9.59 Å². The molecule has 0 saturated heterocycles. The minimum Gasteiger partial charge on any atom is -0.507 e. The van der Waals surface area contributed by atoms with Gasteiger partial charge in [0.15, 0.2) is 5.69 Å². The second-order valence-corrected chi connectivity index (χ2v) is 9.61. The molecule has 1 aliphatic heterocycles. The van der Waals surface area contributed by atoms with Crippen LogP contribution in [-0.4, -0.2) is 68.0 Å². The van der Waals surface area contributed by atoms with Crippen LogP contribution in [-0.2, 0) is 11.3 Å². The third-order valence-corrected chi connectivity index (χ3v) is 7.20. The summed E-state index contributed by atoms with van der Waals surface area (Å²) < 4.78 is 6.53. The number of benzene rings is 2. The summed E-state index contributed by atoms with van der Waals surface area (Å²) in [5.41, 5.74) is 3.02. The SMILES string of the molecule is COCCn1cc(C(=O)Nc2cnc3[nH]c(C(=O)N4C[C@@H](CCl)c5c4cc(O)c4ccccc54)cc3c2)nn1. The number of hydrogen-bond donors (Lipinski definition) is 3. The number of nitrogens with one attached hydrogen (secondary N) is 2. The predicted molar refractivity (Wildman–Crippen MR) is 147 cm³/mol. The van der Waals surface area contributed by atoms with E-state index in [9.17, 15) is 14.7 Å². The fourth-order valence-corrected chi connectivity index (χ4v) is 5.23. The second kappa shape index (κ2) is 10.0. The first-order chi connectivity index (χ1) is 19.0. The van der Waals surface area contributed by atoms with Gasteiger partial charge in [-0.15, -0.1) is 16.7 Å². The Balaban J connectivity index is 1.26. The number of carbonyl (C=O) groups is 2. The average Bonchev–Trinajstić information content (AvgIpc) is 3.68. The van der Waals surface area contributed by atoms with Crippen molar-refractivity contribution in [1.29, 1.82) is 0 Å². The van der Waals surface area contributed by atoms with Gasteiger partial charge in [-0.05, 0) is 23.1 Å². The number of amides is 2. The Bertz CT molecular complexity index is 1730. The van der Waals surface area contributed by atoms with Gasteiger partial charge >= 0.3 is 0 Å². The van der Waals surface area contributed by atoms with Crippen LogP contribution in [0.1, 0.15) is 32.5 Å². The van der Waals surface area contributed by atoms with Crippen LogP contribution in [0.3, 0.4) is 0 Å². The zero-order valence-corrected chi connectivity index (χ0v) is 21.6. The summed E-state index contributed by atoms with van der Waals surface area (Å²) in [6.45, 7) is 1.32. The molecule has 5 aromatic rings. The molecule has 2 aromatic carbocycles. The number of ether oxygens (including phenoxy) is 1. The molecule has 39 heavy (non-hydrogen) atoms. The fraction of sp³-hybridized carbons (Fsp3) is 0.222. The van der Waals surface area contributed by atoms with E-state index in [1.165, 1.54) is 17.1 Å². The van der Waals surface area contributed by atoms with Gasteiger partial charge < -0.3 is 25.0 Å². The molecule has 3 aromatic heterocycles. The lowest BCUT2D eigenvalue weighted by atomic mass is 9.95. The number of aromatic hydroxyl groups is 1. The first-order valence-corrected chi connectivity index (χ1v) is 12.8. The van der Waals surface area contributed by atoms with Gasteiger partial charge in [0.25, 0.3) is 11.8 Å². The molecule has 0 fully saturated rings. The molecule has 2 amide bonds. The van der Waals surface area contributed by atoms with Crippen LogP contribution in [0.15, 0.2) is 54.9 Å². The van der Waals surface area contributed by atoms with Crippen LogP contribution in [0, 0.1) is 0 Å². The number of phenols is 1. The van der Waals surface area contributed by atoms with Gasteiger partial charge in [0.1, 0.15) is 17.1 Å². The number of pyridine rings is 1. The molecule has 0 spiro atoms. The molecule has 6 rings (SSSR count). The number of rotatable bonds is 7. The van der Waals surface area contributed by atoms with Crippen molar-refractivity contribution in [2.45, 2.75) is 12.5 Å². The molecule has 0 saturated carbocycles. The summed E-state index contributed by atoms with van der Waals surface area (Å²) in [5, 5.41) is 23.5. The number of nitrogens with zero attached hydrogens (tertiary/aromatic N) is 5. The highest BCUT2D eigenvalue weighted by atomic mass is 35.5. The monoisotopic (exact) mass is 545 g/mol. The van der Waals surface area contributed by atoms with Crippen molar-refractivity contribution in [3.8, 4) is 5.75 Å². The van der Waals surface area contributed by atoms with E-state index in [2.05, 4.69) is 25.6 Å². The Morgan fingerprint density at radius 3 is 2.85 bits per heavy atom. The van der Waals surface area contributed by atoms with Gasteiger partial charge in [-0.25, -0.2) is 9.67 Å². The Kier molecular flexibility index (Phi) is 6.37. The number of aromatic nitrogens is 5. The Morgan fingerprint density at radius 1 is 1.23 bits per heavy atom. The van der Waals surface area contributed by atoms with Crippen LogP contribution in [0.2, 0.25) is 0 Å². The molecular formula is C27H24ClN7O4. The van der Waals surface area contributed by atoms with Crippen LogP contribution >= 0.6 is 11.6 Å². The smallest absolute Gasteiger partial charge is 0.277 e. The minimum atomic E-state index is -0.431. The summed E-state index contributed by atoms with van der Waals surface area (Å²) >= 11 is 6.31. The number of fused-ring (bicyclic) bond motifs is 4. The number of carbonyl (C=O) groups excluding carboxylic acids is 2. The largest absolute Gasteiger partial charge is 0.507 e. The van der Waals surface area contributed by atoms with E-state index >= 15 is 0 Å². The summed E-state index contributed by atoms with van der Waals surface area (Å²) in [7, 11) is 1.58. The number of halogens is 1. The molecule has 1 aliphatic rings. The van der Waals surface area contributed by atoms with Crippen molar-refractivity contribution in [3.63, 3.8) is 0 Å². The number of hydrogen-bond acceptors (Lipinski definition) is 7. The van der Waals surface area contributed by atoms with E-state index < -0.39 is 5.91 Å². The summed E-state index contributed by atoms with van der Waals surface area (Å²) in [6, 6.07) is 12.6. The number of methoxy groups -OCH3 is 1. The Labute approximate surface area is 227 Å². The van der Waals surface area contributed by atoms with Crippen molar-refractivity contribution >= 4 is 56.6 Å². The van der Waals surface area contributed by atoms with Crippen molar-refractivity contribution in [1.82, 2.24) is 25.0 Å². The van der Waals surface area contributed by atoms with Gasteiger partial charge in [-0.2, -0.15) is 0 Å². The summed E-state index contributed by atoms with van der Waals surface area (Å²) in [4.78, 5) is 35.4. The zero-order valence-electron chi connectivity index (χ0n) is 20.9. The molecule has 12 heteroatoms. The van der Waals surface area contributed by atoms with Crippen LogP contribution < -0.4 is 10.2 Å². The number of H-pyrrole nitrogens is 1. The van der Waals surface area contributed by atoms with E-state index in [0.717, 1.165) is 16.3 Å². The molecule has 198 valence electrons. The van der Waals surface area contributed by atoms with E-state index in [4.69, 9.17) is 16.3 Å². The first kappa shape index (κ1) is 24.8. The van der Waals surface area contributed by atoms with E-state index in [1.54, 1.807) is 30.2 Å². The van der Waals surface area contributed by atoms with E-state index in [-0.39, 0.29) is 23.3 Å². The highest BCUT2D eigenvalue weighted by Crippen LogP contribution is 2.45. The Morgan fingerprint density at radius 2 is 2.05 bits per heavy atom. The Hall–Kier alpha value is -4.48. The lowest BCUT2D eigenvalue weighted by molar-refractivity contribution is 0.0982. The summed E-state index contributed by atoms with van der Waals surface area (Å²) in [5.74, 6) is -0.333. The molecule has 0 radical (unpaired) electrons. The number of aromatic amines is 1. The molecule has 0 bridgehead atoms. The lowest BCUT2D eigenvalue weighted by Gasteiger charge is -2.17. The quantitative estimate of drug-likeness (QED) is 0.264. The third-order valence-electron chi connectivity index (χ3n) is 6.83. The number of anilines is 2. The normalized spacial score (nSPS) is 14.7. The minimum absolute atomic E-state index is 0.0760. The molecule has 4 heterocycles. The maximum absolute atomic E-state index is 13.7. The molecule has 11 nitrogen and oxygen atoms in total. The molecule has 0 aliphatic carbocycles. The number of phenolic OH excluding ortho intramolecular Hbond substituents is 1. The van der Waals surface area contributed by atoms with Gasteiger partial charge in [0.05, 0.1) is 36.9 Å². The van der Waals surface area contributed by atoms with Crippen molar-refractivity contribution < 1.29 is 19.4 Å². The zero-order chi connectivity index (χ0) is 27.1. The topological polar surface area (TPSA) is 138 Å². The summed E-state index contributed by atoms with van der Waals surface area (Å²) in [6.07, 6.45) is 3.04. The first-order valence-electron chi connectivity index (χ1n) is 12.3. The molecular weight excluding hydrogens is 522 g/mol. The van der Waals surface area contributed by atoms with Crippen LogP contribution in [0.5, 0.6) is 5.75 Å². The molecule has 1 atom stereocenters. The van der Waals surface area contributed by atoms with Crippen LogP contribution in [0.25, 0.3) is 21.8 Å². The standard InChI is InChI=1S/C27H24ClN7O4/c1-39-7-6-34-14-21(32-33-34)26(37)30-17-8-15-9-20(31-25(15)29-12-17)27(38)35-13-16(11-28)24-19-5-3-2-4-18(19)23(36)10-22(24)35/h2-5,8-10,12,14,16,36H,6-7,11,13H2,1H3,(H,29,31)(H,30,37)/t16-/m1/s1. The third kappa shape index (κ3) is 4.45. The highest BCUT2D eigenvalue weighted by Gasteiger charge is 2.35. The van der Waals surface area contributed by atoms with Crippen LogP contribution in [0.4, 0.5) is 11.4 Å². The van der Waals surface area contributed by atoms with Crippen molar-refractivity contribution in [2.24, 2.45) is 0 Å².